The van der Waals surface area contributed by atoms with Gasteiger partial charge in [0.15, 0.2) is 11.5 Å². The molecule has 2 unspecified atom stereocenters. The number of benzene rings is 2. The van der Waals surface area contributed by atoms with Crippen LogP contribution in [0.2, 0.25) is 0 Å². The fourth-order valence-corrected chi connectivity index (χ4v) is 5.92. The Bertz CT molecular complexity index is 1690. The summed E-state index contributed by atoms with van der Waals surface area (Å²) in [7, 11) is 2.68. The number of aromatic nitrogens is 2. The number of carbonyl (C=O) groups is 2. The van der Waals surface area contributed by atoms with Gasteiger partial charge in [-0.25, -0.2) is 0 Å². The summed E-state index contributed by atoms with van der Waals surface area (Å²) in [5.74, 6) is 1.32. The Morgan fingerprint density at radius 2 is 1.13 bits per heavy atom. The minimum atomic E-state index is -0.529. The highest BCUT2D eigenvalue weighted by molar-refractivity contribution is 9.10. The summed E-state index contributed by atoms with van der Waals surface area (Å²) >= 11 is 10.2. The largest absolute Gasteiger partial charge is 0.494 e. The number of unbranched alkanes of at least 4 members (excludes halogenated alkanes) is 4. The van der Waals surface area contributed by atoms with E-state index in [0.29, 0.717) is 30.6 Å². The van der Waals surface area contributed by atoms with Gasteiger partial charge in [-0.05, 0) is 104 Å². The van der Waals surface area contributed by atoms with Crippen molar-refractivity contribution in [1.29, 1.82) is 0 Å². The Morgan fingerprint density at radius 3 is 1.55 bits per heavy atom. The van der Waals surface area contributed by atoms with E-state index in [0.717, 1.165) is 58.1 Å². The fourth-order valence-electron chi connectivity index (χ4n) is 5.00. The minimum Gasteiger partial charge on any atom is -0.494 e. The molecule has 0 aliphatic rings. The molecule has 0 spiro atoms. The molecule has 0 bridgehead atoms. The van der Waals surface area contributed by atoms with E-state index < -0.39 is 17.8 Å². The number of carbonyl (C=O) groups excluding carboxylic acids is 2. The van der Waals surface area contributed by atoms with E-state index in [1.54, 1.807) is 6.07 Å². The number of halogens is 3. The fraction of sp³-hybridized carbons (Fsp3) is 0.500. The second-order valence-electron chi connectivity index (χ2n) is 12.9. The van der Waals surface area contributed by atoms with Crippen molar-refractivity contribution in [2.45, 2.75) is 78.1 Å². The van der Waals surface area contributed by atoms with E-state index >= 15 is 0 Å². The number of hydrogen-bond donors (Lipinski definition) is 1. The number of esters is 2. The van der Waals surface area contributed by atoms with Crippen LogP contribution in [0.4, 0.5) is 0 Å². The predicted molar refractivity (Wildman–Crippen MR) is 221 cm³/mol. The number of alkyl halides is 1. The molecule has 4 aromatic rings. The normalized spacial score (nSPS) is 11.8. The zero-order valence-electron chi connectivity index (χ0n) is 32.3. The van der Waals surface area contributed by atoms with Crippen LogP contribution in [0, 0.1) is 11.8 Å². The lowest BCUT2D eigenvalue weighted by Crippen LogP contribution is -2.19. The lowest BCUT2D eigenvalue weighted by molar-refractivity contribution is -0.145. The first-order valence-electron chi connectivity index (χ1n) is 18.2. The van der Waals surface area contributed by atoms with Crippen molar-refractivity contribution < 1.29 is 42.3 Å². The monoisotopic (exact) mass is 958 g/mol. The number of H-pyrrole nitrogens is 1. The van der Waals surface area contributed by atoms with Gasteiger partial charge in [-0.15, -0.1) is 0 Å². The van der Waals surface area contributed by atoms with Crippen LogP contribution >= 0.6 is 47.8 Å². The van der Waals surface area contributed by atoms with Crippen molar-refractivity contribution in [2.75, 3.05) is 39.4 Å². The maximum Gasteiger partial charge on any atom is 0.316 e. The van der Waals surface area contributed by atoms with E-state index in [2.05, 4.69) is 62.8 Å². The van der Waals surface area contributed by atoms with Crippen molar-refractivity contribution in [2.24, 2.45) is 11.8 Å². The van der Waals surface area contributed by atoms with E-state index in [9.17, 15) is 14.4 Å². The van der Waals surface area contributed by atoms with Crippen molar-refractivity contribution >= 4 is 59.7 Å². The number of methoxy groups -OCH3 is 2. The van der Waals surface area contributed by atoms with E-state index in [-0.39, 0.29) is 23.4 Å². The van der Waals surface area contributed by atoms with Crippen LogP contribution in [0.3, 0.4) is 0 Å². The highest BCUT2D eigenvalue weighted by Crippen LogP contribution is 2.29. The lowest BCUT2D eigenvalue weighted by Gasteiger charge is -2.14. The molecule has 0 aliphatic heterocycles. The summed E-state index contributed by atoms with van der Waals surface area (Å²) in [5, 5.41) is 7.12. The molecule has 2 aromatic carbocycles. The molecule has 15 heteroatoms. The Balaban J connectivity index is 0.000000314. The Labute approximate surface area is 348 Å². The molecule has 55 heavy (non-hydrogen) atoms. The van der Waals surface area contributed by atoms with Gasteiger partial charge in [0.1, 0.15) is 23.3 Å². The summed E-state index contributed by atoms with van der Waals surface area (Å²) < 4.78 is 38.6. The third-order valence-electron chi connectivity index (χ3n) is 7.89. The average Bonchev–Trinajstić information content (AvgIpc) is 3.81. The molecule has 0 radical (unpaired) electrons. The third-order valence-corrected chi connectivity index (χ3v) is 9.51. The number of nitrogens with one attached hydrogen (secondary N) is 1. The van der Waals surface area contributed by atoms with Crippen LogP contribution in [0.15, 0.2) is 83.4 Å². The quantitative estimate of drug-likeness (QED) is 0.0512. The first kappa shape index (κ1) is 47.6. The Hall–Kier alpha value is -3.56. The van der Waals surface area contributed by atoms with E-state index in [1.807, 2.05) is 76.2 Å². The van der Waals surface area contributed by atoms with Gasteiger partial charge in [0.25, 0.3) is 11.4 Å². The van der Waals surface area contributed by atoms with Gasteiger partial charge in [-0.1, -0.05) is 75.5 Å². The minimum absolute atomic E-state index is 0.0152. The molecule has 0 saturated carbocycles. The standard InChI is InChI=1S/C20H26BrNO5.C11H14Br2O.C9H13NO4/c1-14(2)19(20(23)24-3)17-13-18(22-27-17)26-12-6-4-5-11-25-16-9-7-15(21)8-10-16;12-8-2-1-3-9-14-11-6-4-10(13)5-7-11;1-5(2)8(9(12)13-3)6-4-7(11)10-14-6/h7-10,13-14,19H,4-6,11-12H2,1-3H3;4-7H,1-3,8-9H2;4-5,8H,1-3H3,(H,10,11). The molecule has 0 fully saturated rings. The predicted octanol–water partition coefficient (Wildman–Crippen LogP) is 10.3. The number of aromatic amines is 1. The zero-order chi connectivity index (χ0) is 40.6. The van der Waals surface area contributed by atoms with Gasteiger partial charge in [-0.3, -0.25) is 14.4 Å². The molecule has 4 rings (SSSR count). The Kier molecular flexibility index (Phi) is 23.5. The summed E-state index contributed by atoms with van der Waals surface area (Å²) in [6.45, 7) is 9.60. The van der Waals surface area contributed by atoms with Gasteiger partial charge in [0, 0.05) is 26.4 Å². The average molecular weight is 962 g/mol. The summed E-state index contributed by atoms with van der Waals surface area (Å²) in [6, 6.07) is 18.7. The molecule has 1 N–H and O–H groups in total. The summed E-state index contributed by atoms with van der Waals surface area (Å²) in [4.78, 5) is 34.1. The van der Waals surface area contributed by atoms with Crippen LogP contribution in [0.1, 0.15) is 89.6 Å². The molecule has 2 heterocycles. The first-order valence-corrected chi connectivity index (χ1v) is 20.9. The number of rotatable bonds is 20. The number of ether oxygens (including phenoxy) is 5. The molecule has 0 amide bonds. The lowest BCUT2D eigenvalue weighted by atomic mass is 9.93. The SMILES string of the molecule is BrCCCCCOc1ccc(Br)cc1.COC(=O)C(c1cc(=O)[nH]o1)C(C)C.COC(=O)C(c1cc(OCCCCCOc2ccc(Br)cc2)no1)C(C)C. The van der Waals surface area contributed by atoms with Gasteiger partial charge >= 0.3 is 11.9 Å². The first-order chi connectivity index (χ1) is 26.4. The zero-order valence-corrected chi connectivity index (χ0v) is 37.1. The van der Waals surface area contributed by atoms with E-state index in [4.69, 9.17) is 28.0 Å². The summed E-state index contributed by atoms with van der Waals surface area (Å²) in [5.41, 5.74) is -0.352. The van der Waals surface area contributed by atoms with E-state index in [1.165, 1.54) is 33.1 Å². The molecule has 0 aliphatic carbocycles. The van der Waals surface area contributed by atoms with Crippen LogP contribution in [-0.4, -0.2) is 61.6 Å². The second-order valence-corrected chi connectivity index (χ2v) is 15.6. The smallest absolute Gasteiger partial charge is 0.316 e. The second kappa shape index (κ2) is 27.1. The molecule has 2 atom stereocenters. The maximum atomic E-state index is 11.9. The molecular formula is C40H53Br3N2O10. The molecule has 304 valence electrons. The van der Waals surface area contributed by atoms with Crippen LogP contribution in [0.25, 0.3) is 0 Å². The maximum absolute atomic E-state index is 11.9. The van der Waals surface area contributed by atoms with Crippen LogP contribution in [0.5, 0.6) is 17.4 Å². The highest BCUT2D eigenvalue weighted by Gasteiger charge is 2.30. The number of nitrogens with zero attached hydrogens (tertiary/aromatic N) is 1. The highest BCUT2D eigenvalue weighted by atomic mass is 79.9. The molecule has 12 nitrogen and oxygen atoms in total. The van der Waals surface area contributed by atoms with Gasteiger partial charge in [0.05, 0.1) is 34.0 Å². The third kappa shape index (κ3) is 18.8. The molecule has 0 saturated heterocycles. The van der Waals surface area contributed by atoms with Crippen molar-refractivity contribution in [1.82, 2.24) is 10.3 Å². The van der Waals surface area contributed by atoms with Crippen LogP contribution in [-0.2, 0) is 19.1 Å². The summed E-state index contributed by atoms with van der Waals surface area (Å²) in [6.07, 6.45) is 6.39. The number of hydrogen-bond acceptors (Lipinski definition) is 11. The van der Waals surface area contributed by atoms with Gasteiger partial charge < -0.3 is 32.7 Å². The Morgan fingerprint density at radius 1 is 0.673 bits per heavy atom. The molecular weight excluding hydrogens is 908 g/mol. The van der Waals surface area contributed by atoms with Gasteiger partial charge in [-0.2, -0.15) is 5.16 Å². The van der Waals surface area contributed by atoms with Crippen LogP contribution < -0.4 is 19.8 Å². The van der Waals surface area contributed by atoms with Gasteiger partial charge in [0.2, 0.25) is 0 Å². The molecule has 2 aromatic heterocycles. The van der Waals surface area contributed by atoms with Crippen molar-refractivity contribution in [3.63, 3.8) is 0 Å². The van der Waals surface area contributed by atoms with Crippen molar-refractivity contribution in [3.05, 3.63) is 91.5 Å². The van der Waals surface area contributed by atoms with Crippen molar-refractivity contribution in [3.8, 4) is 17.4 Å². The topological polar surface area (TPSA) is 152 Å².